The highest BCUT2D eigenvalue weighted by Crippen LogP contribution is 2.38. The lowest BCUT2D eigenvalue weighted by Crippen LogP contribution is -2.20. The van der Waals surface area contributed by atoms with E-state index >= 15 is 0 Å². The van der Waals surface area contributed by atoms with Crippen LogP contribution >= 0.6 is 11.8 Å². The molecule has 4 rings (SSSR count). The van der Waals surface area contributed by atoms with Gasteiger partial charge in [-0.15, -0.1) is 0 Å². The number of nitriles is 1. The third-order valence-electron chi connectivity index (χ3n) is 5.98. The summed E-state index contributed by atoms with van der Waals surface area (Å²) >= 11 is 0.915. The normalized spacial score (nSPS) is 14.5. The molecule has 2 heterocycles. The molecule has 172 valence electrons. The number of para-hydroxylation sites is 1. The number of nitrogens with zero attached hydrogens (tertiary/aromatic N) is 4. The van der Waals surface area contributed by atoms with Gasteiger partial charge in [0.05, 0.1) is 16.8 Å². The molecular formula is C23H22F3N5OS. The van der Waals surface area contributed by atoms with Gasteiger partial charge in [-0.2, -0.15) is 18.4 Å². The third-order valence-corrected chi connectivity index (χ3v) is 6.97. The number of thioether (sulfide) groups is 1. The van der Waals surface area contributed by atoms with Crippen LogP contribution in [0.15, 0.2) is 29.3 Å². The van der Waals surface area contributed by atoms with Crippen molar-refractivity contribution in [1.82, 2.24) is 14.5 Å². The standard InChI is InChI=1S/C23H22F3N5OS/c1-13-14(2)31(15-7-3-4-8-15)20(17(13)11-27)29-19(32)12-33-21-16-9-5-6-10-18(16)28-22(30-21)23(24,25)26/h5-6,9-10,15H,3-4,7-8,12H2,1-2H3,(H,29,32). The van der Waals surface area contributed by atoms with Gasteiger partial charge < -0.3 is 9.88 Å². The number of amides is 1. The first kappa shape index (κ1) is 23.1. The summed E-state index contributed by atoms with van der Waals surface area (Å²) in [7, 11) is 0. The van der Waals surface area contributed by atoms with E-state index in [9.17, 15) is 23.2 Å². The molecule has 1 N–H and O–H groups in total. The summed E-state index contributed by atoms with van der Waals surface area (Å²) in [5.74, 6) is -1.34. The maximum absolute atomic E-state index is 13.3. The molecule has 0 atom stereocenters. The molecule has 0 radical (unpaired) electrons. The zero-order valence-electron chi connectivity index (χ0n) is 18.2. The van der Waals surface area contributed by atoms with Crippen LogP contribution in [0.3, 0.4) is 0 Å². The van der Waals surface area contributed by atoms with Crippen molar-refractivity contribution in [2.24, 2.45) is 0 Å². The molecule has 33 heavy (non-hydrogen) atoms. The van der Waals surface area contributed by atoms with E-state index in [1.807, 2.05) is 18.4 Å². The fourth-order valence-corrected chi connectivity index (χ4v) is 5.11. The van der Waals surface area contributed by atoms with Gasteiger partial charge in [0.25, 0.3) is 0 Å². The molecule has 1 aliphatic carbocycles. The van der Waals surface area contributed by atoms with Crippen molar-refractivity contribution >= 4 is 34.4 Å². The van der Waals surface area contributed by atoms with Crippen LogP contribution in [0.25, 0.3) is 10.9 Å². The van der Waals surface area contributed by atoms with Crippen LogP contribution in [0, 0.1) is 25.2 Å². The number of rotatable bonds is 5. The zero-order valence-corrected chi connectivity index (χ0v) is 19.0. The number of carbonyl (C=O) groups excluding carboxylic acids is 1. The van der Waals surface area contributed by atoms with Crippen molar-refractivity contribution in [1.29, 1.82) is 5.26 Å². The molecule has 1 fully saturated rings. The van der Waals surface area contributed by atoms with Gasteiger partial charge >= 0.3 is 6.18 Å². The summed E-state index contributed by atoms with van der Waals surface area (Å²) in [4.78, 5) is 20.1. The minimum absolute atomic E-state index is 0.0853. The van der Waals surface area contributed by atoms with E-state index in [2.05, 4.69) is 21.4 Å². The lowest BCUT2D eigenvalue weighted by atomic mass is 10.2. The first-order chi connectivity index (χ1) is 15.7. The summed E-state index contributed by atoms with van der Waals surface area (Å²) < 4.78 is 41.8. The first-order valence-electron chi connectivity index (χ1n) is 10.6. The highest BCUT2D eigenvalue weighted by molar-refractivity contribution is 8.00. The zero-order chi connectivity index (χ0) is 23.8. The van der Waals surface area contributed by atoms with E-state index in [1.54, 1.807) is 18.2 Å². The van der Waals surface area contributed by atoms with Crippen LogP contribution in [-0.4, -0.2) is 26.2 Å². The Morgan fingerprint density at radius 1 is 1.24 bits per heavy atom. The topological polar surface area (TPSA) is 83.6 Å². The Balaban J connectivity index is 1.60. The summed E-state index contributed by atoms with van der Waals surface area (Å²) in [5.41, 5.74) is 2.35. The highest BCUT2D eigenvalue weighted by atomic mass is 32.2. The number of aromatic nitrogens is 3. The number of hydrogen-bond acceptors (Lipinski definition) is 5. The second-order valence-electron chi connectivity index (χ2n) is 8.06. The number of anilines is 1. The number of fused-ring (bicyclic) bond motifs is 1. The smallest absolute Gasteiger partial charge is 0.327 e. The van der Waals surface area contributed by atoms with Gasteiger partial charge in [-0.3, -0.25) is 4.79 Å². The number of nitrogens with one attached hydrogen (secondary N) is 1. The van der Waals surface area contributed by atoms with Crippen LogP contribution in [0.5, 0.6) is 0 Å². The maximum atomic E-state index is 13.3. The Morgan fingerprint density at radius 3 is 2.61 bits per heavy atom. The van der Waals surface area contributed by atoms with Gasteiger partial charge in [-0.25, -0.2) is 9.97 Å². The Hall–Kier alpha value is -3.06. The molecule has 6 nitrogen and oxygen atoms in total. The average molecular weight is 474 g/mol. The molecule has 0 spiro atoms. The van der Waals surface area contributed by atoms with Crippen LogP contribution < -0.4 is 5.32 Å². The van der Waals surface area contributed by atoms with Gasteiger partial charge in [0.2, 0.25) is 11.7 Å². The van der Waals surface area contributed by atoms with Crippen LogP contribution in [0.2, 0.25) is 0 Å². The molecule has 1 aliphatic rings. The Morgan fingerprint density at radius 2 is 1.94 bits per heavy atom. The number of halogens is 3. The van der Waals surface area contributed by atoms with Crippen molar-refractivity contribution in [3.8, 4) is 6.07 Å². The summed E-state index contributed by atoms with van der Waals surface area (Å²) in [5, 5.41) is 13.1. The van der Waals surface area contributed by atoms with Crippen molar-refractivity contribution in [3.05, 3.63) is 46.9 Å². The number of carbonyl (C=O) groups is 1. The summed E-state index contributed by atoms with van der Waals surface area (Å²) in [6.45, 7) is 3.79. The summed E-state index contributed by atoms with van der Waals surface area (Å²) in [6, 6.07) is 8.79. The van der Waals surface area contributed by atoms with Gasteiger partial charge in [0.1, 0.15) is 16.9 Å². The van der Waals surface area contributed by atoms with Crippen molar-refractivity contribution in [3.63, 3.8) is 0 Å². The second-order valence-corrected chi connectivity index (χ2v) is 9.02. The fourth-order valence-electron chi connectivity index (χ4n) is 4.29. The molecule has 0 saturated heterocycles. The Bertz CT molecular complexity index is 1260. The number of hydrogen-bond donors (Lipinski definition) is 1. The molecule has 2 aromatic heterocycles. The average Bonchev–Trinajstić information content (AvgIpc) is 3.38. The monoisotopic (exact) mass is 473 g/mol. The minimum Gasteiger partial charge on any atom is -0.327 e. The quantitative estimate of drug-likeness (QED) is 0.375. The minimum atomic E-state index is -4.69. The highest BCUT2D eigenvalue weighted by Gasteiger charge is 2.35. The molecule has 0 bridgehead atoms. The van der Waals surface area contributed by atoms with Crippen molar-refractivity contribution in [2.45, 2.75) is 56.8 Å². The predicted octanol–water partition coefficient (Wildman–Crippen LogP) is 5.78. The largest absolute Gasteiger partial charge is 0.451 e. The fraction of sp³-hybridized carbons (Fsp3) is 0.391. The Kier molecular flexibility index (Phi) is 6.34. The van der Waals surface area contributed by atoms with E-state index in [1.165, 1.54) is 6.07 Å². The molecule has 1 saturated carbocycles. The van der Waals surface area contributed by atoms with Gasteiger partial charge in [0, 0.05) is 17.1 Å². The SMILES string of the molecule is Cc1c(C#N)c(NC(=O)CSc2nc(C(F)(F)F)nc3ccccc23)n(C2CCCC2)c1C. The molecule has 1 amide bonds. The number of benzene rings is 1. The third kappa shape index (κ3) is 4.55. The lowest BCUT2D eigenvalue weighted by molar-refractivity contribution is -0.145. The Labute approximate surface area is 193 Å². The number of alkyl halides is 3. The van der Waals surface area contributed by atoms with E-state index in [0.717, 1.165) is 48.7 Å². The molecule has 1 aromatic carbocycles. The maximum Gasteiger partial charge on any atom is 0.451 e. The van der Waals surface area contributed by atoms with E-state index in [-0.39, 0.29) is 22.3 Å². The first-order valence-corrected chi connectivity index (χ1v) is 11.6. The molecule has 0 unspecified atom stereocenters. The van der Waals surface area contributed by atoms with Crippen LogP contribution in [0.1, 0.15) is 54.4 Å². The molecule has 0 aliphatic heterocycles. The summed E-state index contributed by atoms with van der Waals surface area (Å²) in [6.07, 6.45) is -0.556. The van der Waals surface area contributed by atoms with Crippen LogP contribution in [0.4, 0.5) is 19.0 Å². The van der Waals surface area contributed by atoms with Gasteiger partial charge in [-0.1, -0.05) is 42.8 Å². The van der Waals surface area contributed by atoms with Crippen LogP contribution in [-0.2, 0) is 11.0 Å². The van der Waals surface area contributed by atoms with E-state index < -0.39 is 17.9 Å². The van der Waals surface area contributed by atoms with E-state index in [0.29, 0.717) is 16.8 Å². The van der Waals surface area contributed by atoms with E-state index in [4.69, 9.17) is 0 Å². The van der Waals surface area contributed by atoms with Gasteiger partial charge in [0.15, 0.2) is 0 Å². The molecule has 10 heteroatoms. The molecular weight excluding hydrogens is 451 g/mol. The predicted molar refractivity (Wildman–Crippen MR) is 120 cm³/mol. The van der Waals surface area contributed by atoms with Crippen molar-refractivity contribution < 1.29 is 18.0 Å². The lowest BCUT2D eigenvalue weighted by Gasteiger charge is -2.19. The van der Waals surface area contributed by atoms with Crippen molar-refractivity contribution in [2.75, 3.05) is 11.1 Å². The molecule has 3 aromatic rings. The second kappa shape index (κ2) is 9.06. The van der Waals surface area contributed by atoms with Gasteiger partial charge in [-0.05, 0) is 38.3 Å².